The number of hydrogen-bond donors (Lipinski definition) is 0. The Balaban J connectivity index is 1.43. The molecule has 0 bridgehead atoms. The van der Waals surface area contributed by atoms with Crippen molar-refractivity contribution in [1.82, 2.24) is 24.9 Å². The van der Waals surface area contributed by atoms with Crippen LogP contribution in [0, 0.1) is 0 Å². The molecule has 3 aromatic heterocycles. The van der Waals surface area contributed by atoms with Gasteiger partial charge in [0.05, 0.1) is 11.0 Å². The molecule has 0 atom stereocenters. The summed E-state index contributed by atoms with van der Waals surface area (Å²) in [7, 11) is 0. The van der Waals surface area contributed by atoms with Crippen molar-refractivity contribution >= 4 is 43.4 Å². The molecule has 8 rings (SSSR count). The molecule has 3 heterocycles. The van der Waals surface area contributed by atoms with Gasteiger partial charge in [0, 0.05) is 38.9 Å². The molecular formula is C35H21N5. The van der Waals surface area contributed by atoms with E-state index in [0.29, 0.717) is 23.2 Å². The minimum atomic E-state index is 0.537. The number of nitrogens with zero attached hydrogens (tertiary/aromatic N) is 5. The van der Waals surface area contributed by atoms with E-state index in [0.717, 1.165) is 49.1 Å². The molecule has 40 heavy (non-hydrogen) atoms. The van der Waals surface area contributed by atoms with Gasteiger partial charge in [0.25, 0.3) is 0 Å². The highest BCUT2D eigenvalue weighted by molar-refractivity contribution is 6.25. The number of fused-ring (bicyclic) bond motifs is 7. The Morgan fingerprint density at radius 1 is 0.375 bits per heavy atom. The first-order valence-electron chi connectivity index (χ1n) is 13.2. The van der Waals surface area contributed by atoms with Crippen LogP contribution in [0.5, 0.6) is 0 Å². The topological polar surface area (TPSA) is 64.5 Å². The van der Waals surface area contributed by atoms with E-state index in [1.807, 2.05) is 79.0 Å². The van der Waals surface area contributed by atoms with E-state index in [-0.39, 0.29) is 0 Å². The largest absolute Gasteiger partial charge is 0.256 e. The predicted molar refractivity (Wildman–Crippen MR) is 162 cm³/mol. The number of hydrogen-bond acceptors (Lipinski definition) is 5. The number of pyridine rings is 2. The summed E-state index contributed by atoms with van der Waals surface area (Å²) in [5.74, 6) is 1.77. The maximum atomic E-state index is 5.22. The van der Waals surface area contributed by atoms with Crippen LogP contribution in [-0.4, -0.2) is 24.9 Å². The summed E-state index contributed by atoms with van der Waals surface area (Å²) in [6.07, 6.45) is 1.85. The summed E-state index contributed by atoms with van der Waals surface area (Å²) in [5, 5.41) is 6.60. The Labute approximate surface area is 229 Å². The third-order valence-corrected chi connectivity index (χ3v) is 7.32. The van der Waals surface area contributed by atoms with Gasteiger partial charge in [-0.3, -0.25) is 4.98 Å². The van der Waals surface area contributed by atoms with Crippen LogP contribution in [0.15, 0.2) is 128 Å². The van der Waals surface area contributed by atoms with Crippen LogP contribution in [0.1, 0.15) is 0 Å². The maximum Gasteiger partial charge on any atom is 0.182 e. The van der Waals surface area contributed by atoms with E-state index in [1.54, 1.807) is 0 Å². The average Bonchev–Trinajstić information content (AvgIpc) is 3.04. The molecule has 0 saturated carbocycles. The zero-order chi connectivity index (χ0) is 26.5. The molecule has 5 heteroatoms. The predicted octanol–water partition coefficient (Wildman–Crippen LogP) is 8.28. The van der Waals surface area contributed by atoms with Crippen LogP contribution in [0.4, 0.5) is 0 Å². The van der Waals surface area contributed by atoms with Gasteiger partial charge >= 0.3 is 0 Å². The van der Waals surface area contributed by atoms with Crippen molar-refractivity contribution in [3.63, 3.8) is 0 Å². The summed E-state index contributed by atoms with van der Waals surface area (Å²) in [4.78, 5) is 24.6. The summed E-state index contributed by atoms with van der Waals surface area (Å²) < 4.78 is 0. The lowest BCUT2D eigenvalue weighted by atomic mass is 9.97. The van der Waals surface area contributed by atoms with Gasteiger partial charge in [-0.25, -0.2) is 19.9 Å². The molecule has 0 fully saturated rings. The van der Waals surface area contributed by atoms with Crippen LogP contribution >= 0.6 is 0 Å². The van der Waals surface area contributed by atoms with Crippen LogP contribution in [0.3, 0.4) is 0 Å². The van der Waals surface area contributed by atoms with E-state index >= 15 is 0 Å². The van der Waals surface area contributed by atoms with E-state index < -0.39 is 0 Å². The molecule has 0 aliphatic heterocycles. The third-order valence-electron chi connectivity index (χ3n) is 7.32. The Morgan fingerprint density at radius 2 is 0.925 bits per heavy atom. The third kappa shape index (κ3) is 3.68. The van der Waals surface area contributed by atoms with Crippen LogP contribution in [0.25, 0.3) is 77.6 Å². The Morgan fingerprint density at radius 3 is 1.57 bits per heavy atom. The molecule has 0 N–H and O–H groups in total. The van der Waals surface area contributed by atoms with Gasteiger partial charge in [0.15, 0.2) is 17.5 Å². The Bertz CT molecular complexity index is 2150. The van der Waals surface area contributed by atoms with E-state index in [2.05, 4.69) is 48.5 Å². The molecule has 0 unspecified atom stereocenters. The van der Waals surface area contributed by atoms with Crippen molar-refractivity contribution in [1.29, 1.82) is 0 Å². The van der Waals surface area contributed by atoms with Gasteiger partial charge in [-0.1, -0.05) is 91.0 Å². The fraction of sp³-hybridized carbons (Fsp3) is 0. The van der Waals surface area contributed by atoms with Gasteiger partial charge in [0.2, 0.25) is 0 Å². The quantitative estimate of drug-likeness (QED) is 0.176. The SMILES string of the molecule is c1ccc(-c2nc(-c3ccccc3)nc(-c3ccc4c5cccnc5c5cc6ccccc6cc5c4n3)n2)cc1. The molecule has 5 aromatic carbocycles. The van der Waals surface area contributed by atoms with Crippen molar-refractivity contribution in [3.8, 4) is 34.3 Å². The second-order valence-corrected chi connectivity index (χ2v) is 9.78. The molecule has 186 valence electrons. The summed E-state index contributed by atoms with van der Waals surface area (Å²) >= 11 is 0. The first kappa shape index (κ1) is 22.4. The Hall–Kier alpha value is -5.55. The lowest BCUT2D eigenvalue weighted by Gasteiger charge is -2.12. The zero-order valence-corrected chi connectivity index (χ0v) is 21.4. The van der Waals surface area contributed by atoms with Gasteiger partial charge in [-0.2, -0.15) is 0 Å². The lowest BCUT2D eigenvalue weighted by molar-refractivity contribution is 1.06. The fourth-order valence-electron chi connectivity index (χ4n) is 5.40. The standard InChI is InChI=1S/C35H21N5/c1-3-10-22(11-4-1)33-38-34(23-12-5-2-6-13-23)40-35(39-33)30-18-17-27-26-16-9-19-36-31(26)28-20-24-14-7-8-15-25(24)21-29(28)32(27)37-30/h1-21H. The number of benzene rings is 5. The van der Waals surface area contributed by atoms with Crippen molar-refractivity contribution in [2.45, 2.75) is 0 Å². The maximum absolute atomic E-state index is 5.22. The highest BCUT2D eigenvalue weighted by atomic mass is 15.0. The van der Waals surface area contributed by atoms with Crippen LogP contribution in [-0.2, 0) is 0 Å². The molecule has 0 amide bonds. The van der Waals surface area contributed by atoms with Crippen molar-refractivity contribution in [3.05, 3.63) is 128 Å². The molecular weight excluding hydrogens is 490 g/mol. The zero-order valence-electron chi connectivity index (χ0n) is 21.4. The molecule has 0 aliphatic carbocycles. The van der Waals surface area contributed by atoms with Gasteiger partial charge in [-0.15, -0.1) is 0 Å². The van der Waals surface area contributed by atoms with E-state index in [4.69, 9.17) is 24.9 Å². The second-order valence-electron chi connectivity index (χ2n) is 9.78. The smallest absolute Gasteiger partial charge is 0.182 e. The highest BCUT2D eigenvalue weighted by Gasteiger charge is 2.16. The van der Waals surface area contributed by atoms with Gasteiger partial charge < -0.3 is 0 Å². The molecule has 5 nitrogen and oxygen atoms in total. The normalized spacial score (nSPS) is 11.5. The summed E-state index contributed by atoms with van der Waals surface area (Å²) in [6, 6.07) is 41.0. The number of aromatic nitrogens is 5. The molecule has 0 spiro atoms. The fourth-order valence-corrected chi connectivity index (χ4v) is 5.40. The van der Waals surface area contributed by atoms with E-state index in [9.17, 15) is 0 Å². The second kappa shape index (κ2) is 9.03. The average molecular weight is 512 g/mol. The molecule has 0 radical (unpaired) electrons. The minimum absolute atomic E-state index is 0.537. The first-order chi connectivity index (χ1) is 19.8. The number of rotatable bonds is 3. The highest BCUT2D eigenvalue weighted by Crippen LogP contribution is 2.36. The molecule has 0 saturated heterocycles. The van der Waals surface area contributed by atoms with E-state index in [1.165, 1.54) is 5.39 Å². The van der Waals surface area contributed by atoms with Crippen molar-refractivity contribution in [2.24, 2.45) is 0 Å². The monoisotopic (exact) mass is 511 g/mol. The first-order valence-corrected chi connectivity index (χ1v) is 13.2. The molecule has 0 aliphatic rings. The van der Waals surface area contributed by atoms with Crippen LogP contribution in [0.2, 0.25) is 0 Å². The van der Waals surface area contributed by atoms with Gasteiger partial charge in [0.1, 0.15) is 5.69 Å². The van der Waals surface area contributed by atoms with Crippen molar-refractivity contribution in [2.75, 3.05) is 0 Å². The lowest BCUT2D eigenvalue weighted by Crippen LogP contribution is -2.01. The van der Waals surface area contributed by atoms with Crippen molar-refractivity contribution < 1.29 is 0 Å². The summed E-state index contributed by atoms with van der Waals surface area (Å²) in [6.45, 7) is 0. The molecule has 8 aromatic rings. The van der Waals surface area contributed by atoms with Gasteiger partial charge in [-0.05, 0) is 41.1 Å². The van der Waals surface area contributed by atoms with Crippen LogP contribution < -0.4 is 0 Å². The minimum Gasteiger partial charge on any atom is -0.256 e. The Kier molecular flexibility index (Phi) is 5.07. The summed E-state index contributed by atoms with van der Waals surface area (Å²) in [5.41, 5.74) is 4.43.